The van der Waals surface area contributed by atoms with Crippen LogP contribution in [0.2, 0.25) is 0 Å². The average molecular weight is 300 g/mol. The molecule has 114 valence electrons. The molecule has 2 aromatic rings. The molecule has 3 rings (SSSR count). The van der Waals surface area contributed by atoms with Crippen LogP contribution < -0.4 is 16.6 Å². The van der Waals surface area contributed by atoms with E-state index in [1.807, 2.05) is 0 Å². The molecule has 2 heterocycles. The van der Waals surface area contributed by atoms with Gasteiger partial charge < -0.3 is 5.73 Å². The Labute approximate surface area is 126 Å². The van der Waals surface area contributed by atoms with Gasteiger partial charge in [-0.15, -0.1) is 0 Å². The van der Waals surface area contributed by atoms with Crippen molar-refractivity contribution in [1.82, 2.24) is 14.9 Å². The van der Waals surface area contributed by atoms with Crippen LogP contribution in [0.1, 0.15) is 30.3 Å². The molecule has 0 saturated carbocycles. The fourth-order valence-corrected chi connectivity index (χ4v) is 2.95. The second-order valence-corrected chi connectivity index (χ2v) is 5.53. The lowest BCUT2D eigenvalue weighted by Crippen LogP contribution is -2.45. The third-order valence-corrected chi connectivity index (χ3v) is 3.92. The quantitative estimate of drug-likeness (QED) is 0.591. The maximum atomic E-state index is 12.8. The van der Waals surface area contributed by atoms with E-state index in [2.05, 4.69) is 10.3 Å². The van der Waals surface area contributed by atoms with Crippen molar-refractivity contribution >= 4 is 28.4 Å². The predicted molar refractivity (Wildman–Crippen MR) is 81.3 cm³/mol. The standard InChI is InChI=1S/C15H16N4O3/c1-7-5-9(16)6-10-13(7)15(22)19(8(2)17-10)11-3-4-12(20)18-14(11)21/h5-6,11H,3-4,16H2,1-2H3,(H,18,20,21). The zero-order valence-corrected chi connectivity index (χ0v) is 12.3. The fourth-order valence-electron chi connectivity index (χ4n) is 2.95. The molecule has 2 amide bonds. The maximum absolute atomic E-state index is 12.8. The Hall–Kier alpha value is -2.70. The van der Waals surface area contributed by atoms with Gasteiger partial charge in [-0.2, -0.15) is 0 Å². The normalized spacial score (nSPS) is 18.5. The lowest BCUT2D eigenvalue weighted by atomic mass is 10.0. The molecule has 0 bridgehead atoms. The fraction of sp³-hybridized carbons (Fsp3) is 0.333. The number of carbonyl (C=O) groups is 2. The lowest BCUT2D eigenvalue weighted by Gasteiger charge is -2.24. The zero-order valence-electron chi connectivity index (χ0n) is 12.3. The van der Waals surface area contributed by atoms with E-state index in [0.717, 1.165) is 0 Å². The van der Waals surface area contributed by atoms with E-state index in [1.54, 1.807) is 26.0 Å². The number of carbonyl (C=O) groups excluding carboxylic acids is 2. The monoisotopic (exact) mass is 300 g/mol. The molecule has 1 unspecified atom stereocenters. The summed E-state index contributed by atoms with van der Waals surface area (Å²) in [5.41, 5.74) is 7.28. The molecular weight excluding hydrogens is 284 g/mol. The second-order valence-electron chi connectivity index (χ2n) is 5.53. The first-order valence-electron chi connectivity index (χ1n) is 7.01. The van der Waals surface area contributed by atoms with Crippen LogP contribution in [0.15, 0.2) is 16.9 Å². The highest BCUT2D eigenvalue weighted by atomic mass is 16.2. The number of fused-ring (bicyclic) bond motifs is 1. The highest BCUT2D eigenvalue weighted by Crippen LogP contribution is 2.22. The van der Waals surface area contributed by atoms with Gasteiger partial charge >= 0.3 is 0 Å². The molecule has 0 spiro atoms. The number of nitrogen functional groups attached to an aromatic ring is 1. The highest BCUT2D eigenvalue weighted by molar-refractivity contribution is 5.99. The van der Waals surface area contributed by atoms with Crippen LogP contribution >= 0.6 is 0 Å². The Kier molecular flexibility index (Phi) is 3.20. The summed E-state index contributed by atoms with van der Waals surface area (Å²) in [5, 5.41) is 2.72. The molecule has 1 aliphatic heterocycles. The molecule has 7 heteroatoms. The summed E-state index contributed by atoms with van der Waals surface area (Å²) in [4.78, 5) is 40.6. The summed E-state index contributed by atoms with van der Waals surface area (Å²) in [6.07, 6.45) is 0.508. The van der Waals surface area contributed by atoms with Crippen molar-refractivity contribution in [1.29, 1.82) is 0 Å². The molecular formula is C15H16N4O3. The summed E-state index contributed by atoms with van der Waals surface area (Å²) in [6, 6.07) is 2.64. The van der Waals surface area contributed by atoms with Crippen molar-refractivity contribution in [2.75, 3.05) is 5.73 Å². The lowest BCUT2D eigenvalue weighted by molar-refractivity contribution is -0.135. The van der Waals surface area contributed by atoms with Gasteiger partial charge in [0.15, 0.2) is 0 Å². The first kappa shape index (κ1) is 14.2. The molecule has 1 atom stereocenters. The van der Waals surface area contributed by atoms with Gasteiger partial charge in [0.1, 0.15) is 11.9 Å². The smallest absolute Gasteiger partial charge is 0.262 e. The third-order valence-electron chi connectivity index (χ3n) is 3.92. The van der Waals surface area contributed by atoms with E-state index >= 15 is 0 Å². The van der Waals surface area contributed by atoms with Crippen LogP contribution in [0.25, 0.3) is 10.9 Å². The molecule has 1 fully saturated rings. The van der Waals surface area contributed by atoms with Crippen molar-refractivity contribution in [3.8, 4) is 0 Å². The largest absolute Gasteiger partial charge is 0.399 e. The third kappa shape index (κ3) is 2.14. The number of anilines is 1. The summed E-state index contributed by atoms with van der Waals surface area (Å²) in [5.74, 6) is -0.350. The Morgan fingerprint density at radius 3 is 2.68 bits per heavy atom. The Morgan fingerprint density at radius 2 is 2.00 bits per heavy atom. The van der Waals surface area contributed by atoms with Gasteiger partial charge in [0.2, 0.25) is 11.8 Å². The van der Waals surface area contributed by atoms with E-state index in [9.17, 15) is 14.4 Å². The molecule has 1 aromatic carbocycles. The van der Waals surface area contributed by atoms with Crippen molar-refractivity contribution in [3.63, 3.8) is 0 Å². The molecule has 0 radical (unpaired) electrons. The first-order chi connectivity index (χ1) is 10.4. The zero-order chi connectivity index (χ0) is 16.0. The van der Waals surface area contributed by atoms with Crippen molar-refractivity contribution in [2.24, 2.45) is 0 Å². The minimum absolute atomic E-state index is 0.209. The van der Waals surface area contributed by atoms with Gasteiger partial charge in [-0.1, -0.05) is 0 Å². The number of imide groups is 1. The summed E-state index contributed by atoms with van der Waals surface area (Å²) in [6.45, 7) is 3.45. The number of rotatable bonds is 1. The topological polar surface area (TPSA) is 107 Å². The van der Waals surface area contributed by atoms with E-state index < -0.39 is 11.9 Å². The van der Waals surface area contributed by atoms with Gasteiger partial charge in [-0.05, 0) is 38.0 Å². The molecule has 1 aromatic heterocycles. The van der Waals surface area contributed by atoms with Gasteiger partial charge in [-0.25, -0.2) is 4.98 Å². The van der Waals surface area contributed by atoms with Crippen molar-refractivity contribution < 1.29 is 9.59 Å². The van der Waals surface area contributed by atoms with Crippen LogP contribution in [0, 0.1) is 13.8 Å². The number of benzene rings is 1. The van der Waals surface area contributed by atoms with Crippen LogP contribution in [0.5, 0.6) is 0 Å². The Morgan fingerprint density at radius 1 is 1.27 bits per heavy atom. The molecule has 1 saturated heterocycles. The predicted octanol–water partition coefficient (Wildman–Crippen LogP) is 0.573. The Balaban J connectivity index is 2.25. The molecule has 7 nitrogen and oxygen atoms in total. The minimum Gasteiger partial charge on any atom is -0.399 e. The number of piperidine rings is 1. The summed E-state index contributed by atoms with van der Waals surface area (Å²) in [7, 11) is 0. The van der Waals surface area contributed by atoms with E-state index in [-0.39, 0.29) is 17.9 Å². The number of nitrogens with zero attached hydrogens (tertiary/aromatic N) is 2. The number of aromatic nitrogens is 2. The van der Waals surface area contributed by atoms with Gasteiger partial charge in [0, 0.05) is 12.1 Å². The van der Waals surface area contributed by atoms with E-state index in [1.165, 1.54) is 4.57 Å². The molecule has 1 aliphatic rings. The summed E-state index contributed by atoms with van der Waals surface area (Å²) < 4.78 is 1.37. The van der Waals surface area contributed by atoms with Crippen LogP contribution in [0.3, 0.4) is 0 Å². The van der Waals surface area contributed by atoms with Gasteiger partial charge in [0.25, 0.3) is 5.56 Å². The highest BCUT2D eigenvalue weighted by Gasteiger charge is 2.30. The number of hydrogen-bond donors (Lipinski definition) is 2. The minimum atomic E-state index is -0.709. The maximum Gasteiger partial charge on any atom is 0.262 e. The van der Waals surface area contributed by atoms with E-state index in [4.69, 9.17) is 5.73 Å². The Bertz CT molecular complexity index is 869. The SMILES string of the molecule is Cc1cc(N)cc2nc(C)n(C3CCC(=O)NC3=O)c(=O)c12. The summed E-state index contributed by atoms with van der Waals surface area (Å²) >= 11 is 0. The van der Waals surface area contributed by atoms with Crippen LogP contribution in [-0.2, 0) is 9.59 Å². The average Bonchev–Trinajstić information content (AvgIpc) is 2.39. The van der Waals surface area contributed by atoms with Crippen molar-refractivity contribution in [3.05, 3.63) is 33.9 Å². The molecule has 3 N–H and O–H groups in total. The number of amides is 2. The number of hydrogen-bond acceptors (Lipinski definition) is 5. The number of aryl methyl sites for hydroxylation is 2. The molecule has 0 aliphatic carbocycles. The molecule has 22 heavy (non-hydrogen) atoms. The second kappa shape index (κ2) is 4.94. The van der Waals surface area contributed by atoms with Crippen LogP contribution in [-0.4, -0.2) is 21.4 Å². The van der Waals surface area contributed by atoms with Gasteiger partial charge in [0.05, 0.1) is 10.9 Å². The first-order valence-corrected chi connectivity index (χ1v) is 7.01. The van der Waals surface area contributed by atoms with E-state index in [0.29, 0.717) is 34.4 Å². The van der Waals surface area contributed by atoms with Crippen molar-refractivity contribution in [2.45, 2.75) is 32.7 Å². The number of nitrogens with two attached hydrogens (primary N) is 1. The van der Waals surface area contributed by atoms with Gasteiger partial charge in [-0.3, -0.25) is 24.3 Å². The number of nitrogens with one attached hydrogen (secondary N) is 1. The van der Waals surface area contributed by atoms with Crippen LogP contribution in [0.4, 0.5) is 5.69 Å².